The van der Waals surface area contributed by atoms with E-state index in [1.54, 1.807) is 0 Å². The van der Waals surface area contributed by atoms with Gasteiger partial charge in [-0.3, -0.25) is 9.59 Å². The minimum Gasteiger partial charge on any atom is -0.456 e. The van der Waals surface area contributed by atoms with Crippen molar-refractivity contribution in [3.05, 3.63) is 29.3 Å². The van der Waals surface area contributed by atoms with Crippen molar-refractivity contribution in [1.82, 2.24) is 0 Å². The van der Waals surface area contributed by atoms with E-state index in [1.807, 2.05) is 32.0 Å². The summed E-state index contributed by atoms with van der Waals surface area (Å²) in [6.07, 6.45) is 5.50. The Morgan fingerprint density at radius 3 is 2.65 bits per heavy atom. The van der Waals surface area contributed by atoms with Crippen LogP contribution >= 0.6 is 0 Å². The Morgan fingerprint density at radius 1 is 1.17 bits per heavy atom. The van der Waals surface area contributed by atoms with Crippen LogP contribution in [-0.4, -0.2) is 18.5 Å². The van der Waals surface area contributed by atoms with E-state index < -0.39 is 0 Å². The van der Waals surface area contributed by atoms with Crippen molar-refractivity contribution < 1.29 is 14.3 Å². The number of fused-ring (bicyclic) bond motifs is 2. The average molecular weight is 315 g/mol. The molecule has 2 aliphatic carbocycles. The Kier molecular flexibility index (Phi) is 4.69. The van der Waals surface area contributed by atoms with Crippen LogP contribution in [0.3, 0.4) is 0 Å². The largest absolute Gasteiger partial charge is 0.456 e. The summed E-state index contributed by atoms with van der Waals surface area (Å²) in [7, 11) is 0. The van der Waals surface area contributed by atoms with Crippen LogP contribution in [0.15, 0.2) is 18.2 Å². The highest BCUT2D eigenvalue weighted by atomic mass is 16.5. The highest BCUT2D eigenvalue weighted by Gasteiger charge is 2.40. The second-order valence-electron chi connectivity index (χ2n) is 7.15. The molecule has 1 N–H and O–H groups in total. The van der Waals surface area contributed by atoms with Crippen LogP contribution in [-0.2, 0) is 14.3 Å². The Labute approximate surface area is 137 Å². The maximum Gasteiger partial charge on any atom is 0.306 e. The number of rotatable bonds is 5. The van der Waals surface area contributed by atoms with Gasteiger partial charge in [-0.15, -0.1) is 0 Å². The Bertz CT molecular complexity index is 611. The van der Waals surface area contributed by atoms with Gasteiger partial charge in [0.2, 0.25) is 0 Å². The molecule has 3 rings (SSSR count). The molecule has 0 spiro atoms. The highest BCUT2D eigenvalue weighted by molar-refractivity contribution is 5.92. The predicted molar refractivity (Wildman–Crippen MR) is 89.1 cm³/mol. The number of hydrogen-bond acceptors (Lipinski definition) is 3. The molecule has 0 aromatic heterocycles. The third kappa shape index (κ3) is 3.92. The van der Waals surface area contributed by atoms with Gasteiger partial charge in [-0.25, -0.2) is 0 Å². The molecule has 0 heterocycles. The third-order valence-electron chi connectivity index (χ3n) is 5.47. The number of nitrogens with one attached hydrogen (secondary N) is 1. The minimum absolute atomic E-state index is 0.202. The smallest absolute Gasteiger partial charge is 0.306 e. The van der Waals surface area contributed by atoms with Crippen molar-refractivity contribution in [3.8, 4) is 0 Å². The van der Waals surface area contributed by atoms with Crippen molar-refractivity contribution in [2.45, 2.75) is 46.0 Å². The number of anilines is 1. The number of ether oxygens (including phenoxy) is 1. The molecule has 4 heteroatoms. The molecule has 3 atom stereocenters. The van der Waals surface area contributed by atoms with Crippen LogP contribution in [0.2, 0.25) is 0 Å². The monoisotopic (exact) mass is 315 g/mol. The molecule has 2 bridgehead atoms. The van der Waals surface area contributed by atoms with Crippen LogP contribution in [0, 0.1) is 31.6 Å². The number of esters is 1. The minimum atomic E-state index is -0.283. The van der Waals surface area contributed by atoms with Gasteiger partial charge in [0.25, 0.3) is 5.91 Å². The fraction of sp³-hybridized carbons (Fsp3) is 0.579. The fourth-order valence-electron chi connectivity index (χ4n) is 4.06. The Hall–Kier alpha value is -1.84. The van der Waals surface area contributed by atoms with Crippen LogP contribution in [0.25, 0.3) is 0 Å². The maximum absolute atomic E-state index is 11.9. The SMILES string of the molecule is Cc1ccc(NC(=O)COC(=O)C[C@H]2C[C@H]3CC[C@@H]2C3)cc1C. The highest BCUT2D eigenvalue weighted by Crippen LogP contribution is 2.49. The molecule has 1 aromatic rings. The van der Waals surface area contributed by atoms with Crippen LogP contribution in [0.5, 0.6) is 0 Å². The third-order valence-corrected chi connectivity index (χ3v) is 5.47. The molecule has 0 aliphatic heterocycles. The molecule has 4 nitrogen and oxygen atoms in total. The lowest BCUT2D eigenvalue weighted by Crippen LogP contribution is -2.23. The number of hydrogen-bond donors (Lipinski definition) is 1. The van der Waals surface area contributed by atoms with E-state index in [0.717, 1.165) is 23.6 Å². The summed E-state index contributed by atoms with van der Waals surface area (Å²) in [6, 6.07) is 5.74. The number of aryl methyl sites for hydroxylation is 2. The standard InChI is InChI=1S/C19H25NO3/c1-12-3-6-17(7-13(12)2)20-18(21)11-23-19(22)10-16-9-14-4-5-15(16)8-14/h3,6-7,14-16H,4-5,8-11H2,1-2H3,(H,20,21)/t14-,15+,16+/m0/s1. The molecule has 2 fully saturated rings. The number of benzene rings is 1. The van der Waals surface area contributed by atoms with Gasteiger partial charge in [0.1, 0.15) is 0 Å². The lowest BCUT2D eigenvalue weighted by atomic mass is 9.86. The summed E-state index contributed by atoms with van der Waals surface area (Å²) in [5.74, 6) is 1.49. The molecule has 0 radical (unpaired) electrons. The lowest BCUT2D eigenvalue weighted by molar-refractivity contribution is -0.148. The van der Waals surface area contributed by atoms with Crippen LogP contribution < -0.4 is 5.32 Å². The first-order valence-corrected chi connectivity index (χ1v) is 8.54. The van der Waals surface area contributed by atoms with Crippen LogP contribution in [0.1, 0.15) is 43.2 Å². The molecular formula is C19H25NO3. The second-order valence-corrected chi connectivity index (χ2v) is 7.15. The summed E-state index contributed by atoms with van der Waals surface area (Å²) in [5.41, 5.74) is 3.04. The molecular weight excluding hydrogens is 290 g/mol. The van der Waals surface area contributed by atoms with E-state index in [4.69, 9.17) is 4.74 Å². The molecule has 124 valence electrons. The van der Waals surface area contributed by atoms with Crippen molar-refractivity contribution in [3.63, 3.8) is 0 Å². The van der Waals surface area contributed by atoms with E-state index in [2.05, 4.69) is 5.32 Å². The predicted octanol–water partition coefficient (Wildman–Crippen LogP) is 3.61. The summed E-state index contributed by atoms with van der Waals surface area (Å²) in [6.45, 7) is 3.82. The Balaban J connectivity index is 1.41. The van der Waals surface area contributed by atoms with E-state index in [9.17, 15) is 9.59 Å². The van der Waals surface area contributed by atoms with Gasteiger partial charge in [0.05, 0.1) is 0 Å². The van der Waals surface area contributed by atoms with Crippen LogP contribution in [0.4, 0.5) is 5.69 Å². The number of amides is 1. The zero-order chi connectivity index (χ0) is 16.4. The van der Waals surface area contributed by atoms with Gasteiger partial charge in [0.15, 0.2) is 6.61 Å². The lowest BCUT2D eigenvalue weighted by Gasteiger charge is -2.20. The van der Waals surface area contributed by atoms with Gasteiger partial charge in [-0.1, -0.05) is 12.5 Å². The molecule has 1 aromatic carbocycles. The molecule has 2 saturated carbocycles. The molecule has 1 amide bonds. The van der Waals surface area contributed by atoms with Gasteiger partial charge in [-0.05, 0) is 74.1 Å². The van der Waals surface area contributed by atoms with E-state index in [1.165, 1.54) is 24.8 Å². The zero-order valence-corrected chi connectivity index (χ0v) is 13.9. The first-order valence-electron chi connectivity index (χ1n) is 8.54. The first-order chi connectivity index (χ1) is 11.0. The molecule has 2 aliphatic rings. The first kappa shape index (κ1) is 16.0. The Morgan fingerprint density at radius 2 is 2.00 bits per heavy atom. The van der Waals surface area contributed by atoms with Crippen molar-refractivity contribution in [1.29, 1.82) is 0 Å². The van der Waals surface area contributed by atoms with Crippen molar-refractivity contribution >= 4 is 17.6 Å². The van der Waals surface area contributed by atoms with Gasteiger partial charge in [-0.2, -0.15) is 0 Å². The molecule has 0 unspecified atom stereocenters. The van der Waals surface area contributed by atoms with Gasteiger partial charge < -0.3 is 10.1 Å². The summed E-state index contributed by atoms with van der Waals surface area (Å²) in [4.78, 5) is 23.8. The summed E-state index contributed by atoms with van der Waals surface area (Å²) < 4.78 is 5.15. The van der Waals surface area contributed by atoms with E-state index >= 15 is 0 Å². The quantitative estimate of drug-likeness (QED) is 0.845. The summed E-state index contributed by atoms with van der Waals surface area (Å²) in [5, 5.41) is 2.77. The number of carbonyl (C=O) groups excluding carboxylic acids is 2. The number of carbonyl (C=O) groups is 2. The summed E-state index contributed by atoms with van der Waals surface area (Å²) >= 11 is 0. The van der Waals surface area contributed by atoms with Gasteiger partial charge in [0, 0.05) is 12.1 Å². The van der Waals surface area contributed by atoms with Crippen molar-refractivity contribution in [2.24, 2.45) is 17.8 Å². The topological polar surface area (TPSA) is 55.4 Å². The molecule has 0 saturated heterocycles. The fourth-order valence-corrected chi connectivity index (χ4v) is 4.06. The van der Waals surface area contributed by atoms with E-state index in [-0.39, 0.29) is 18.5 Å². The zero-order valence-electron chi connectivity index (χ0n) is 13.9. The normalized spacial score (nSPS) is 25.4. The molecule has 23 heavy (non-hydrogen) atoms. The average Bonchev–Trinajstić information content (AvgIpc) is 3.12. The van der Waals surface area contributed by atoms with E-state index in [0.29, 0.717) is 18.3 Å². The van der Waals surface area contributed by atoms with Gasteiger partial charge >= 0.3 is 5.97 Å². The maximum atomic E-state index is 11.9. The second kappa shape index (κ2) is 6.73. The van der Waals surface area contributed by atoms with Crippen molar-refractivity contribution in [2.75, 3.05) is 11.9 Å².